The van der Waals surface area contributed by atoms with Crippen molar-refractivity contribution in [3.8, 4) is 11.5 Å². The van der Waals surface area contributed by atoms with Crippen molar-refractivity contribution in [1.82, 2.24) is 0 Å². The summed E-state index contributed by atoms with van der Waals surface area (Å²) in [6.45, 7) is 0. The molecule has 4 nitrogen and oxygen atoms in total. The highest BCUT2D eigenvalue weighted by Crippen LogP contribution is 2.19. The maximum Gasteiger partial charge on any atom is 0.347 e. The zero-order valence-corrected chi connectivity index (χ0v) is 9.00. The van der Waals surface area contributed by atoms with Crippen LogP contribution in [0.4, 0.5) is 0 Å². The standard InChI is InChI=1S/C13H11NO3/c14-17-12-9-5-4-8-11(12)13(15)16-10-6-2-1-3-7-10/h1-9H,14H2. The highest BCUT2D eigenvalue weighted by atomic mass is 16.6. The van der Waals surface area contributed by atoms with Gasteiger partial charge >= 0.3 is 5.97 Å². The Hall–Kier alpha value is -2.33. The molecule has 0 radical (unpaired) electrons. The molecule has 0 amide bonds. The van der Waals surface area contributed by atoms with E-state index >= 15 is 0 Å². The first-order valence-electron chi connectivity index (χ1n) is 5.04. The molecule has 0 aliphatic heterocycles. The van der Waals surface area contributed by atoms with Crippen LogP contribution in [-0.2, 0) is 0 Å². The van der Waals surface area contributed by atoms with E-state index in [-0.39, 0.29) is 5.75 Å². The number of nitrogens with two attached hydrogens (primary N) is 1. The van der Waals surface area contributed by atoms with Gasteiger partial charge in [-0.2, -0.15) is 5.90 Å². The van der Waals surface area contributed by atoms with Crippen molar-refractivity contribution < 1.29 is 14.4 Å². The number of benzene rings is 2. The first-order valence-corrected chi connectivity index (χ1v) is 5.04. The number of rotatable bonds is 3. The van der Waals surface area contributed by atoms with Crippen LogP contribution in [0.3, 0.4) is 0 Å². The molecule has 2 aromatic carbocycles. The molecule has 0 spiro atoms. The van der Waals surface area contributed by atoms with Gasteiger partial charge in [-0.3, -0.25) is 0 Å². The summed E-state index contributed by atoms with van der Waals surface area (Å²) in [6, 6.07) is 15.4. The van der Waals surface area contributed by atoms with E-state index in [1.54, 1.807) is 48.5 Å². The molecule has 0 unspecified atom stereocenters. The van der Waals surface area contributed by atoms with Gasteiger partial charge in [0.15, 0.2) is 5.75 Å². The average molecular weight is 229 g/mol. The van der Waals surface area contributed by atoms with E-state index in [4.69, 9.17) is 10.6 Å². The maximum atomic E-state index is 11.8. The number of hydrogen-bond acceptors (Lipinski definition) is 4. The van der Waals surface area contributed by atoms with Gasteiger partial charge in [0.2, 0.25) is 0 Å². The van der Waals surface area contributed by atoms with Crippen molar-refractivity contribution >= 4 is 5.97 Å². The second kappa shape index (κ2) is 5.14. The fourth-order valence-electron chi connectivity index (χ4n) is 1.39. The van der Waals surface area contributed by atoms with Crippen molar-refractivity contribution in [2.45, 2.75) is 0 Å². The van der Waals surface area contributed by atoms with E-state index < -0.39 is 5.97 Å². The Morgan fingerprint density at radius 3 is 2.29 bits per heavy atom. The average Bonchev–Trinajstić information content (AvgIpc) is 2.40. The zero-order chi connectivity index (χ0) is 12.1. The first kappa shape index (κ1) is 11.2. The molecule has 86 valence electrons. The summed E-state index contributed by atoms with van der Waals surface area (Å²) in [5.74, 6) is 5.33. The van der Waals surface area contributed by atoms with Crippen LogP contribution in [0.2, 0.25) is 0 Å². The van der Waals surface area contributed by atoms with Gasteiger partial charge in [0.05, 0.1) is 0 Å². The minimum Gasteiger partial charge on any atom is -0.423 e. The third-order valence-corrected chi connectivity index (χ3v) is 2.19. The molecule has 0 aliphatic carbocycles. The van der Waals surface area contributed by atoms with Gasteiger partial charge in [-0.1, -0.05) is 30.3 Å². The van der Waals surface area contributed by atoms with Gasteiger partial charge in [0, 0.05) is 0 Å². The summed E-state index contributed by atoms with van der Waals surface area (Å²) < 4.78 is 5.17. The lowest BCUT2D eigenvalue weighted by Gasteiger charge is -2.07. The quantitative estimate of drug-likeness (QED) is 0.497. The zero-order valence-electron chi connectivity index (χ0n) is 9.00. The van der Waals surface area contributed by atoms with Gasteiger partial charge in [-0.05, 0) is 24.3 Å². The Labute approximate surface area is 98.5 Å². The van der Waals surface area contributed by atoms with Crippen molar-refractivity contribution in [2.24, 2.45) is 5.90 Å². The third-order valence-electron chi connectivity index (χ3n) is 2.19. The normalized spacial score (nSPS) is 9.71. The molecule has 2 rings (SSSR count). The topological polar surface area (TPSA) is 61.5 Å². The second-order valence-corrected chi connectivity index (χ2v) is 3.32. The number of ether oxygens (including phenoxy) is 1. The number of carbonyl (C=O) groups excluding carboxylic acids is 1. The summed E-state index contributed by atoms with van der Waals surface area (Å²) in [7, 11) is 0. The molecule has 2 aromatic rings. The Morgan fingerprint density at radius 1 is 0.941 bits per heavy atom. The van der Waals surface area contributed by atoms with Crippen molar-refractivity contribution in [1.29, 1.82) is 0 Å². The number of hydrogen-bond donors (Lipinski definition) is 1. The fourth-order valence-corrected chi connectivity index (χ4v) is 1.39. The molecule has 2 N–H and O–H groups in total. The molecule has 0 atom stereocenters. The SMILES string of the molecule is NOc1ccccc1C(=O)Oc1ccccc1. The lowest BCUT2D eigenvalue weighted by molar-refractivity contribution is 0.0730. The lowest BCUT2D eigenvalue weighted by Crippen LogP contribution is -2.12. The van der Waals surface area contributed by atoms with E-state index in [0.717, 1.165) is 0 Å². The van der Waals surface area contributed by atoms with Crippen molar-refractivity contribution in [2.75, 3.05) is 0 Å². The highest BCUT2D eigenvalue weighted by molar-refractivity contribution is 5.93. The Balaban J connectivity index is 2.20. The van der Waals surface area contributed by atoms with E-state index in [9.17, 15) is 4.79 Å². The second-order valence-electron chi connectivity index (χ2n) is 3.32. The molecule has 17 heavy (non-hydrogen) atoms. The molecule has 0 aliphatic rings. The van der Waals surface area contributed by atoms with Crippen LogP contribution in [0.25, 0.3) is 0 Å². The first-order chi connectivity index (χ1) is 8.31. The van der Waals surface area contributed by atoms with Gasteiger partial charge in [0.25, 0.3) is 0 Å². The molecule has 4 heteroatoms. The Bertz CT molecular complexity index is 511. The summed E-state index contributed by atoms with van der Waals surface area (Å²) >= 11 is 0. The monoisotopic (exact) mass is 229 g/mol. The van der Waals surface area contributed by atoms with Crippen LogP contribution in [0, 0.1) is 0 Å². The number of para-hydroxylation sites is 2. The number of esters is 1. The predicted octanol–water partition coefficient (Wildman–Crippen LogP) is 2.16. The van der Waals surface area contributed by atoms with Crippen LogP contribution >= 0.6 is 0 Å². The predicted molar refractivity (Wildman–Crippen MR) is 62.7 cm³/mol. The smallest absolute Gasteiger partial charge is 0.347 e. The van der Waals surface area contributed by atoms with Crippen LogP contribution < -0.4 is 15.5 Å². The fraction of sp³-hybridized carbons (Fsp3) is 0. The summed E-state index contributed by atoms with van der Waals surface area (Å²) in [4.78, 5) is 16.4. The molecule has 0 aromatic heterocycles. The van der Waals surface area contributed by atoms with Gasteiger partial charge in [-0.25, -0.2) is 4.79 Å². The van der Waals surface area contributed by atoms with E-state index in [1.165, 1.54) is 0 Å². The van der Waals surface area contributed by atoms with Crippen LogP contribution in [0.5, 0.6) is 11.5 Å². The van der Waals surface area contributed by atoms with Gasteiger partial charge in [0.1, 0.15) is 11.3 Å². The highest BCUT2D eigenvalue weighted by Gasteiger charge is 2.13. The van der Waals surface area contributed by atoms with Crippen LogP contribution in [0.15, 0.2) is 54.6 Å². The van der Waals surface area contributed by atoms with Crippen LogP contribution in [-0.4, -0.2) is 5.97 Å². The minimum absolute atomic E-state index is 0.286. The Morgan fingerprint density at radius 2 is 1.59 bits per heavy atom. The van der Waals surface area contributed by atoms with Gasteiger partial charge < -0.3 is 9.57 Å². The van der Waals surface area contributed by atoms with E-state index in [2.05, 4.69) is 4.84 Å². The molecule has 0 bridgehead atoms. The summed E-state index contributed by atoms with van der Waals surface area (Å²) in [5.41, 5.74) is 0.291. The molecule has 0 heterocycles. The van der Waals surface area contributed by atoms with Gasteiger partial charge in [-0.15, -0.1) is 0 Å². The molecule has 0 saturated heterocycles. The molecular formula is C13H11NO3. The van der Waals surface area contributed by atoms with Crippen molar-refractivity contribution in [3.05, 3.63) is 60.2 Å². The summed E-state index contributed by atoms with van der Waals surface area (Å²) in [5, 5.41) is 0. The molecular weight excluding hydrogens is 218 g/mol. The lowest BCUT2D eigenvalue weighted by atomic mass is 10.2. The minimum atomic E-state index is -0.503. The van der Waals surface area contributed by atoms with E-state index in [1.807, 2.05) is 6.07 Å². The van der Waals surface area contributed by atoms with Crippen molar-refractivity contribution in [3.63, 3.8) is 0 Å². The third kappa shape index (κ3) is 2.62. The molecule has 0 saturated carbocycles. The number of carbonyl (C=O) groups is 1. The largest absolute Gasteiger partial charge is 0.423 e. The Kier molecular flexibility index (Phi) is 3.37. The summed E-state index contributed by atoms with van der Waals surface area (Å²) in [6.07, 6.45) is 0. The molecule has 0 fully saturated rings. The maximum absolute atomic E-state index is 11.8. The van der Waals surface area contributed by atoms with E-state index in [0.29, 0.717) is 11.3 Å². The van der Waals surface area contributed by atoms with Crippen LogP contribution in [0.1, 0.15) is 10.4 Å².